The van der Waals surface area contributed by atoms with Gasteiger partial charge in [0.1, 0.15) is 12.1 Å². The molecule has 0 aliphatic carbocycles. The molecule has 9 heteroatoms. The van der Waals surface area contributed by atoms with Gasteiger partial charge in [0.25, 0.3) is 0 Å². The Morgan fingerprint density at radius 3 is 2.69 bits per heavy atom. The number of rotatable bonds is 8. The summed E-state index contributed by atoms with van der Waals surface area (Å²) in [5.74, 6) is -0.854. The van der Waals surface area contributed by atoms with E-state index in [9.17, 15) is 14.4 Å². The largest absolute Gasteiger partial charge is 0.343 e. The summed E-state index contributed by atoms with van der Waals surface area (Å²) >= 11 is 0. The number of carbonyl (C=O) groups excluding carboxylic acids is 3. The number of nitrogens with one attached hydrogen (secondary N) is 3. The molecular formula is C26H30N6O3. The zero-order chi connectivity index (χ0) is 24.6. The van der Waals surface area contributed by atoms with Crippen LogP contribution in [0.15, 0.2) is 66.9 Å². The van der Waals surface area contributed by atoms with Crippen LogP contribution in [-0.4, -0.2) is 65.9 Å². The SMILES string of the molecule is NCC(=O)N1CCNC(C(=O)N[C@H](CCc2ccccc2)C(=O)Nc2cnc3ccccc3c2)C1. The van der Waals surface area contributed by atoms with Crippen LogP contribution in [0.5, 0.6) is 0 Å². The van der Waals surface area contributed by atoms with E-state index in [1.165, 1.54) is 0 Å². The highest BCUT2D eigenvalue weighted by atomic mass is 16.2. The number of piperazine rings is 1. The third-order valence-corrected chi connectivity index (χ3v) is 6.07. The molecule has 0 spiro atoms. The van der Waals surface area contributed by atoms with Crippen LogP contribution in [0, 0.1) is 0 Å². The van der Waals surface area contributed by atoms with Gasteiger partial charge in [-0.15, -0.1) is 0 Å². The van der Waals surface area contributed by atoms with Crippen LogP contribution in [0.3, 0.4) is 0 Å². The molecule has 0 saturated carbocycles. The minimum absolute atomic E-state index is 0.101. The number of para-hydroxylation sites is 1. The fourth-order valence-electron chi connectivity index (χ4n) is 4.15. The van der Waals surface area contributed by atoms with E-state index in [0.717, 1.165) is 16.5 Å². The number of fused-ring (bicyclic) bond motifs is 1. The normalized spacial score (nSPS) is 16.5. The van der Waals surface area contributed by atoms with Gasteiger partial charge in [-0.1, -0.05) is 48.5 Å². The Morgan fingerprint density at radius 2 is 1.89 bits per heavy atom. The van der Waals surface area contributed by atoms with E-state index >= 15 is 0 Å². The standard InChI is InChI=1S/C26H30N6O3/c27-15-24(33)32-13-12-28-23(17-32)26(35)31-22(11-10-18-6-2-1-3-7-18)25(34)30-20-14-19-8-4-5-9-21(19)29-16-20/h1-9,14,16,22-23,28H,10-13,15,17,27H2,(H,30,34)(H,31,35)/t22-,23?/m1/s1. The smallest absolute Gasteiger partial charge is 0.247 e. The van der Waals surface area contributed by atoms with Crippen LogP contribution >= 0.6 is 0 Å². The van der Waals surface area contributed by atoms with Crippen LogP contribution in [0.2, 0.25) is 0 Å². The lowest BCUT2D eigenvalue weighted by molar-refractivity contribution is -0.134. The number of nitrogens with two attached hydrogens (primary N) is 1. The molecule has 1 fully saturated rings. The summed E-state index contributed by atoms with van der Waals surface area (Å²) in [5.41, 5.74) is 7.94. The zero-order valence-corrected chi connectivity index (χ0v) is 19.4. The number of amides is 3. The second kappa shape index (κ2) is 11.5. The third kappa shape index (κ3) is 6.40. The molecule has 2 aromatic carbocycles. The first-order valence-corrected chi connectivity index (χ1v) is 11.7. The lowest BCUT2D eigenvalue weighted by atomic mass is 10.0. The Hall–Kier alpha value is -3.82. The molecule has 4 rings (SSSR count). The first-order valence-electron chi connectivity index (χ1n) is 11.7. The van der Waals surface area contributed by atoms with Gasteiger partial charge in [0.15, 0.2) is 0 Å². The summed E-state index contributed by atoms with van der Waals surface area (Å²) in [6.07, 6.45) is 2.64. The summed E-state index contributed by atoms with van der Waals surface area (Å²) in [4.78, 5) is 44.3. The molecule has 2 heterocycles. The molecule has 5 N–H and O–H groups in total. The fourth-order valence-corrected chi connectivity index (χ4v) is 4.15. The average Bonchev–Trinajstić information content (AvgIpc) is 2.91. The maximum Gasteiger partial charge on any atom is 0.247 e. The van der Waals surface area contributed by atoms with Crippen molar-refractivity contribution in [1.82, 2.24) is 20.5 Å². The Bertz CT molecular complexity index is 1190. The predicted molar refractivity (Wildman–Crippen MR) is 134 cm³/mol. The minimum Gasteiger partial charge on any atom is -0.343 e. The summed E-state index contributed by atoms with van der Waals surface area (Å²) in [6.45, 7) is 1.08. The zero-order valence-electron chi connectivity index (χ0n) is 19.4. The van der Waals surface area contributed by atoms with Gasteiger partial charge in [-0.3, -0.25) is 19.4 Å². The molecule has 0 radical (unpaired) electrons. The van der Waals surface area contributed by atoms with Crippen molar-refractivity contribution in [2.75, 3.05) is 31.5 Å². The monoisotopic (exact) mass is 474 g/mol. The summed E-state index contributed by atoms with van der Waals surface area (Å²) < 4.78 is 0. The minimum atomic E-state index is -0.767. The molecule has 1 aliphatic heterocycles. The van der Waals surface area contributed by atoms with Crippen molar-refractivity contribution in [2.24, 2.45) is 5.73 Å². The van der Waals surface area contributed by atoms with Crippen molar-refractivity contribution in [3.8, 4) is 0 Å². The Kier molecular flexibility index (Phi) is 8.02. The highest BCUT2D eigenvalue weighted by Gasteiger charge is 2.30. The number of carbonyl (C=O) groups is 3. The van der Waals surface area contributed by atoms with Crippen molar-refractivity contribution in [3.63, 3.8) is 0 Å². The topological polar surface area (TPSA) is 129 Å². The van der Waals surface area contributed by atoms with Crippen molar-refractivity contribution in [3.05, 3.63) is 72.4 Å². The van der Waals surface area contributed by atoms with Crippen LogP contribution in [0.1, 0.15) is 12.0 Å². The number of hydrogen-bond acceptors (Lipinski definition) is 6. The molecule has 182 valence electrons. The van der Waals surface area contributed by atoms with Gasteiger partial charge < -0.3 is 26.6 Å². The Labute approximate surface area is 204 Å². The molecule has 0 bridgehead atoms. The van der Waals surface area contributed by atoms with Gasteiger partial charge in [0.05, 0.1) is 23.9 Å². The molecule has 3 amide bonds. The van der Waals surface area contributed by atoms with E-state index in [-0.39, 0.29) is 30.8 Å². The van der Waals surface area contributed by atoms with E-state index in [0.29, 0.717) is 31.6 Å². The molecule has 3 aromatic rings. The second-order valence-electron chi connectivity index (χ2n) is 8.54. The van der Waals surface area contributed by atoms with E-state index in [4.69, 9.17) is 5.73 Å². The van der Waals surface area contributed by atoms with Gasteiger partial charge >= 0.3 is 0 Å². The summed E-state index contributed by atoms with van der Waals surface area (Å²) in [7, 11) is 0. The molecule has 1 aromatic heterocycles. The highest BCUT2D eigenvalue weighted by Crippen LogP contribution is 2.17. The Morgan fingerprint density at radius 1 is 1.11 bits per heavy atom. The third-order valence-electron chi connectivity index (χ3n) is 6.07. The van der Waals surface area contributed by atoms with Gasteiger partial charge in [-0.05, 0) is 30.5 Å². The highest BCUT2D eigenvalue weighted by molar-refractivity contribution is 5.99. The summed E-state index contributed by atoms with van der Waals surface area (Å²) in [5, 5.41) is 9.82. The number of aromatic nitrogens is 1. The van der Waals surface area contributed by atoms with Gasteiger partial charge in [0.2, 0.25) is 17.7 Å². The van der Waals surface area contributed by atoms with Crippen molar-refractivity contribution < 1.29 is 14.4 Å². The number of pyridine rings is 1. The first kappa shape index (κ1) is 24.3. The molecule has 2 atom stereocenters. The number of aryl methyl sites for hydroxylation is 1. The maximum atomic E-state index is 13.3. The number of nitrogens with zero attached hydrogens (tertiary/aromatic N) is 2. The predicted octanol–water partition coefficient (Wildman–Crippen LogP) is 1.05. The quantitative estimate of drug-likeness (QED) is 0.386. The van der Waals surface area contributed by atoms with Crippen LogP contribution < -0.4 is 21.7 Å². The van der Waals surface area contributed by atoms with Crippen LogP contribution in [-0.2, 0) is 20.8 Å². The lowest BCUT2D eigenvalue weighted by Gasteiger charge is -2.33. The van der Waals surface area contributed by atoms with Crippen molar-refractivity contribution >= 4 is 34.3 Å². The molecule has 9 nitrogen and oxygen atoms in total. The Balaban J connectivity index is 1.46. The maximum absolute atomic E-state index is 13.3. The number of benzene rings is 2. The number of anilines is 1. The molecule has 1 unspecified atom stereocenters. The molecule has 1 saturated heterocycles. The van der Waals surface area contributed by atoms with E-state index < -0.39 is 12.1 Å². The van der Waals surface area contributed by atoms with Crippen LogP contribution in [0.25, 0.3) is 10.9 Å². The second-order valence-corrected chi connectivity index (χ2v) is 8.54. The van der Waals surface area contributed by atoms with E-state index in [2.05, 4.69) is 20.9 Å². The molecular weight excluding hydrogens is 444 g/mol. The average molecular weight is 475 g/mol. The molecule has 35 heavy (non-hydrogen) atoms. The van der Waals surface area contributed by atoms with E-state index in [1.54, 1.807) is 11.1 Å². The van der Waals surface area contributed by atoms with E-state index in [1.807, 2.05) is 60.7 Å². The lowest BCUT2D eigenvalue weighted by Crippen LogP contribution is -2.60. The molecule has 1 aliphatic rings. The first-order chi connectivity index (χ1) is 17.0. The van der Waals surface area contributed by atoms with Gasteiger partial charge in [0, 0.05) is 25.0 Å². The number of hydrogen-bond donors (Lipinski definition) is 4. The van der Waals surface area contributed by atoms with Gasteiger partial charge in [-0.2, -0.15) is 0 Å². The fraction of sp³-hybridized carbons (Fsp3) is 0.308. The van der Waals surface area contributed by atoms with Crippen LogP contribution in [0.4, 0.5) is 5.69 Å². The van der Waals surface area contributed by atoms with Crippen molar-refractivity contribution in [1.29, 1.82) is 0 Å². The van der Waals surface area contributed by atoms with Crippen molar-refractivity contribution in [2.45, 2.75) is 24.9 Å². The summed E-state index contributed by atoms with van der Waals surface area (Å²) in [6, 6.07) is 17.9. The van der Waals surface area contributed by atoms with Gasteiger partial charge in [-0.25, -0.2) is 0 Å².